The number of benzene rings is 2. The molecule has 1 aliphatic rings. The summed E-state index contributed by atoms with van der Waals surface area (Å²) in [5.74, 6) is -1.06. The quantitative estimate of drug-likeness (QED) is 0.669. The standard InChI is InChI=1S/C18H21NO8S2/c1-26-14-6-7-17(27-2)18(9-14)29(24,25)19(12-4-3-5-13(20)8-12)15-10-28(22,23)11-16(15)21/h3-9,15-16,20-21H,10-11H2,1-2H3/t15-,16-/m1/s1. The fourth-order valence-corrected chi connectivity index (χ4v) is 6.97. The molecular weight excluding hydrogens is 422 g/mol. The molecule has 29 heavy (non-hydrogen) atoms. The van der Waals surface area contributed by atoms with Gasteiger partial charge in [-0.3, -0.25) is 4.31 Å². The summed E-state index contributed by atoms with van der Waals surface area (Å²) in [6, 6.07) is 8.26. The third-order valence-electron chi connectivity index (χ3n) is 4.59. The van der Waals surface area contributed by atoms with Crippen LogP contribution in [0.25, 0.3) is 0 Å². The van der Waals surface area contributed by atoms with E-state index < -0.39 is 43.5 Å². The van der Waals surface area contributed by atoms with Crippen molar-refractivity contribution in [1.29, 1.82) is 0 Å². The molecule has 11 heteroatoms. The monoisotopic (exact) mass is 443 g/mol. The van der Waals surface area contributed by atoms with E-state index in [1.54, 1.807) is 0 Å². The van der Waals surface area contributed by atoms with Crippen LogP contribution in [0.4, 0.5) is 5.69 Å². The first-order chi connectivity index (χ1) is 13.6. The second-order valence-electron chi connectivity index (χ2n) is 6.55. The largest absolute Gasteiger partial charge is 0.508 e. The summed E-state index contributed by atoms with van der Waals surface area (Å²) in [5.41, 5.74) is 0.0102. The zero-order valence-corrected chi connectivity index (χ0v) is 17.4. The Hall–Kier alpha value is -2.50. The van der Waals surface area contributed by atoms with Crippen LogP contribution < -0.4 is 13.8 Å². The van der Waals surface area contributed by atoms with Crippen molar-refractivity contribution < 1.29 is 36.5 Å². The number of aromatic hydroxyl groups is 1. The van der Waals surface area contributed by atoms with Gasteiger partial charge in [0.1, 0.15) is 22.1 Å². The van der Waals surface area contributed by atoms with Gasteiger partial charge >= 0.3 is 0 Å². The van der Waals surface area contributed by atoms with E-state index in [0.29, 0.717) is 0 Å². The summed E-state index contributed by atoms with van der Waals surface area (Å²) in [7, 11) is -5.40. The number of hydrogen-bond acceptors (Lipinski definition) is 8. The minimum absolute atomic E-state index is 0.0102. The predicted molar refractivity (Wildman–Crippen MR) is 106 cm³/mol. The van der Waals surface area contributed by atoms with Crippen molar-refractivity contribution in [2.24, 2.45) is 0 Å². The van der Waals surface area contributed by atoms with Crippen LogP contribution in [-0.2, 0) is 19.9 Å². The molecule has 0 spiro atoms. The van der Waals surface area contributed by atoms with Gasteiger partial charge in [0, 0.05) is 12.1 Å². The zero-order valence-electron chi connectivity index (χ0n) is 15.7. The average molecular weight is 443 g/mol. The molecule has 0 radical (unpaired) electrons. The van der Waals surface area contributed by atoms with E-state index in [2.05, 4.69) is 0 Å². The van der Waals surface area contributed by atoms with E-state index in [-0.39, 0.29) is 27.8 Å². The van der Waals surface area contributed by atoms with Crippen molar-refractivity contribution in [3.63, 3.8) is 0 Å². The number of hydrogen-bond donors (Lipinski definition) is 2. The lowest BCUT2D eigenvalue weighted by Gasteiger charge is -2.32. The van der Waals surface area contributed by atoms with Crippen LogP contribution >= 0.6 is 0 Å². The molecule has 1 saturated heterocycles. The maximum Gasteiger partial charge on any atom is 0.268 e. The van der Waals surface area contributed by atoms with Crippen molar-refractivity contribution in [3.05, 3.63) is 42.5 Å². The second kappa shape index (κ2) is 7.73. The Morgan fingerprint density at radius 3 is 2.34 bits per heavy atom. The van der Waals surface area contributed by atoms with Crippen LogP contribution in [0.15, 0.2) is 47.4 Å². The Morgan fingerprint density at radius 1 is 1.07 bits per heavy atom. The fourth-order valence-electron chi connectivity index (χ4n) is 3.26. The molecule has 3 rings (SSSR count). The second-order valence-corrected chi connectivity index (χ2v) is 10.5. The van der Waals surface area contributed by atoms with E-state index >= 15 is 0 Å². The maximum atomic E-state index is 13.6. The minimum Gasteiger partial charge on any atom is -0.508 e. The molecule has 2 N–H and O–H groups in total. The highest BCUT2D eigenvalue weighted by molar-refractivity contribution is 7.93. The number of phenolic OH excluding ortho intramolecular Hbond substituents is 1. The number of sulfone groups is 1. The van der Waals surface area contributed by atoms with E-state index in [1.165, 1.54) is 56.7 Å². The zero-order chi connectivity index (χ0) is 21.4. The summed E-state index contributed by atoms with van der Waals surface area (Å²) in [6.07, 6.45) is -1.44. The number of rotatable bonds is 6. The van der Waals surface area contributed by atoms with E-state index in [9.17, 15) is 27.0 Å². The third kappa shape index (κ3) is 4.11. The number of nitrogens with zero attached hydrogens (tertiary/aromatic N) is 1. The molecule has 158 valence electrons. The van der Waals surface area contributed by atoms with E-state index in [1.807, 2.05) is 0 Å². The predicted octanol–water partition coefficient (Wildman–Crippen LogP) is 0.763. The summed E-state index contributed by atoms with van der Waals surface area (Å²) >= 11 is 0. The molecule has 0 aliphatic carbocycles. The number of aliphatic hydroxyl groups excluding tert-OH is 1. The highest BCUT2D eigenvalue weighted by Gasteiger charge is 2.45. The lowest BCUT2D eigenvalue weighted by Crippen LogP contribution is -2.47. The SMILES string of the molecule is COc1ccc(OC)c(S(=O)(=O)N(c2cccc(O)c2)[C@@H]2CS(=O)(=O)C[C@H]2O)c1. The molecule has 2 atom stereocenters. The summed E-state index contributed by atoms with van der Waals surface area (Å²) in [4.78, 5) is -0.265. The van der Waals surface area contributed by atoms with Gasteiger partial charge in [0.2, 0.25) is 0 Å². The summed E-state index contributed by atoms with van der Waals surface area (Å²) in [5, 5.41) is 20.2. The normalized spacial score (nSPS) is 20.9. The minimum atomic E-state index is -4.42. The molecule has 0 unspecified atom stereocenters. The number of aliphatic hydroxyl groups is 1. The number of sulfonamides is 1. The van der Waals surface area contributed by atoms with Crippen molar-refractivity contribution in [1.82, 2.24) is 0 Å². The molecule has 2 aromatic rings. The van der Waals surface area contributed by atoms with Gasteiger partial charge in [0.25, 0.3) is 10.0 Å². The molecular formula is C18H21NO8S2. The molecule has 0 aromatic heterocycles. The topological polar surface area (TPSA) is 130 Å². The summed E-state index contributed by atoms with van der Waals surface area (Å²) in [6.45, 7) is 0. The Labute approximate surface area is 169 Å². The van der Waals surface area contributed by atoms with E-state index in [4.69, 9.17) is 9.47 Å². The molecule has 0 amide bonds. The molecule has 1 aliphatic heterocycles. The summed E-state index contributed by atoms with van der Waals surface area (Å²) < 4.78 is 62.5. The van der Waals surface area contributed by atoms with Crippen molar-refractivity contribution in [3.8, 4) is 17.2 Å². The molecule has 9 nitrogen and oxygen atoms in total. The average Bonchev–Trinajstić information content (AvgIpc) is 2.93. The number of phenols is 1. The molecule has 1 heterocycles. The maximum absolute atomic E-state index is 13.6. The molecule has 2 aromatic carbocycles. The number of anilines is 1. The van der Waals surface area contributed by atoms with Gasteiger partial charge in [-0.05, 0) is 24.3 Å². The van der Waals surface area contributed by atoms with Crippen LogP contribution in [0.2, 0.25) is 0 Å². The van der Waals surface area contributed by atoms with Gasteiger partial charge in [-0.2, -0.15) is 0 Å². The van der Waals surface area contributed by atoms with Crippen LogP contribution in [-0.4, -0.2) is 64.9 Å². The highest BCUT2D eigenvalue weighted by Crippen LogP contribution is 2.37. The van der Waals surface area contributed by atoms with Gasteiger partial charge in [0.05, 0.1) is 43.6 Å². The van der Waals surface area contributed by atoms with Crippen LogP contribution in [0.1, 0.15) is 0 Å². The van der Waals surface area contributed by atoms with Gasteiger partial charge < -0.3 is 19.7 Å². The first kappa shape index (κ1) is 21.2. The molecule has 1 fully saturated rings. The Bertz CT molecular complexity index is 1110. The van der Waals surface area contributed by atoms with Gasteiger partial charge in [-0.1, -0.05) is 6.07 Å². The number of methoxy groups -OCH3 is 2. The van der Waals surface area contributed by atoms with Gasteiger partial charge in [0.15, 0.2) is 9.84 Å². The molecule has 0 bridgehead atoms. The lowest BCUT2D eigenvalue weighted by atomic mass is 10.2. The van der Waals surface area contributed by atoms with Crippen LogP contribution in [0.3, 0.4) is 0 Å². The lowest BCUT2D eigenvalue weighted by molar-refractivity contribution is 0.184. The van der Waals surface area contributed by atoms with E-state index in [0.717, 1.165) is 4.31 Å². The van der Waals surface area contributed by atoms with Crippen molar-refractivity contribution >= 4 is 25.5 Å². The Kier molecular flexibility index (Phi) is 5.65. The smallest absolute Gasteiger partial charge is 0.268 e. The van der Waals surface area contributed by atoms with Crippen LogP contribution in [0.5, 0.6) is 17.2 Å². The van der Waals surface area contributed by atoms with Crippen molar-refractivity contribution in [2.45, 2.75) is 17.0 Å². The first-order valence-corrected chi connectivity index (χ1v) is 11.8. The van der Waals surface area contributed by atoms with Crippen molar-refractivity contribution in [2.75, 3.05) is 30.0 Å². The highest BCUT2D eigenvalue weighted by atomic mass is 32.2. The molecule has 0 saturated carbocycles. The van der Waals surface area contributed by atoms with Crippen LogP contribution in [0, 0.1) is 0 Å². The van der Waals surface area contributed by atoms with Gasteiger partial charge in [-0.15, -0.1) is 0 Å². The first-order valence-electron chi connectivity index (χ1n) is 8.53. The third-order valence-corrected chi connectivity index (χ3v) is 8.16. The fraction of sp³-hybridized carbons (Fsp3) is 0.333. The Balaban J connectivity index is 2.24. The Morgan fingerprint density at radius 2 is 1.79 bits per heavy atom. The number of ether oxygens (including phenoxy) is 2. The van der Waals surface area contributed by atoms with Gasteiger partial charge in [-0.25, -0.2) is 16.8 Å².